The Kier molecular flexibility index (Phi) is 4.53. The number of hydrogen-bond donors (Lipinski definition) is 1. The molecule has 2 aromatic rings. The molecule has 2 rings (SSSR count). The van der Waals surface area contributed by atoms with Crippen LogP contribution in [0.4, 0.5) is 0 Å². The molecule has 1 unspecified atom stereocenters. The molecule has 0 spiro atoms. The van der Waals surface area contributed by atoms with Crippen molar-refractivity contribution in [3.05, 3.63) is 59.7 Å². The Morgan fingerprint density at radius 2 is 1.76 bits per heavy atom. The highest BCUT2D eigenvalue weighted by molar-refractivity contribution is 6.02. The largest absolute Gasteiger partial charge is 0.480 e. The molecule has 3 nitrogen and oxygen atoms in total. The molecule has 0 aliphatic rings. The summed E-state index contributed by atoms with van der Waals surface area (Å²) in [6.45, 7) is 3.34. The molecule has 0 bridgehead atoms. The minimum absolute atomic E-state index is 0.350. The van der Waals surface area contributed by atoms with Gasteiger partial charge in [-0.1, -0.05) is 55.5 Å². The van der Waals surface area contributed by atoms with E-state index in [1.807, 2.05) is 49.4 Å². The minimum Gasteiger partial charge on any atom is -0.480 e. The predicted molar refractivity (Wildman–Crippen MR) is 82.3 cm³/mol. The van der Waals surface area contributed by atoms with Gasteiger partial charge in [0.1, 0.15) is 11.7 Å². The molecule has 0 aliphatic heterocycles. The number of benzene rings is 2. The Hall–Kier alpha value is -2.42. The quantitative estimate of drug-likeness (QED) is 0.851. The van der Waals surface area contributed by atoms with Crippen LogP contribution in [0.1, 0.15) is 30.9 Å². The number of Topliss-reactive ketones (excluding diaryl/α,β-unsaturated/α-hetero) is 1. The van der Waals surface area contributed by atoms with Gasteiger partial charge in [-0.3, -0.25) is 9.59 Å². The third kappa shape index (κ3) is 3.19. The van der Waals surface area contributed by atoms with E-state index >= 15 is 0 Å². The van der Waals surface area contributed by atoms with Crippen molar-refractivity contribution in [2.75, 3.05) is 0 Å². The van der Waals surface area contributed by atoms with Crippen LogP contribution in [0, 0.1) is 0 Å². The zero-order valence-electron chi connectivity index (χ0n) is 12.2. The van der Waals surface area contributed by atoms with E-state index in [-0.39, 0.29) is 5.78 Å². The monoisotopic (exact) mass is 282 g/mol. The SMILES string of the molecule is CCc1cc(C(C(C)=O)C(=O)O)ccc1-c1ccccc1. The molecule has 0 heterocycles. The lowest BCUT2D eigenvalue weighted by Crippen LogP contribution is -2.19. The maximum atomic E-state index is 11.6. The van der Waals surface area contributed by atoms with Crippen LogP contribution in [0.15, 0.2) is 48.5 Å². The first-order valence-corrected chi connectivity index (χ1v) is 6.96. The van der Waals surface area contributed by atoms with Crippen molar-refractivity contribution in [3.63, 3.8) is 0 Å². The summed E-state index contributed by atoms with van der Waals surface area (Å²) in [5, 5.41) is 9.23. The first-order valence-electron chi connectivity index (χ1n) is 6.96. The van der Waals surface area contributed by atoms with Crippen molar-refractivity contribution < 1.29 is 14.7 Å². The van der Waals surface area contributed by atoms with Crippen LogP contribution >= 0.6 is 0 Å². The summed E-state index contributed by atoms with van der Waals surface area (Å²) in [6, 6.07) is 15.4. The van der Waals surface area contributed by atoms with Gasteiger partial charge in [-0.05, 0) is 35.6 Å². The summed E-state index contributed by atoms with van der Waals surface area (Å²) in [7, 11) is 0. The van der Waals surface area contributed by atoms with E-state index in [1.165, 1.54) is 6.92 Å². The fourth-order valence-electron chi connectivity index (χ4n) is 2.54. The van der Waals surface area contributed by atoms with Gasteiger partial charge in [-0.2, -0.15) is 0 Å². The zero-order chi connectivity index (χ0) is 15.4. The van der Waals surface area contributed by atoms with Crippen LogP contribution in [0.25, 0.3) is 11.1 Å². The Morgan fingerprint density at radius 1 is 1.10 bits per heavy atom. The van der Waals surface area contributed by atoms with Gasteiger partial charge in [0.25, 0.3) is 0 Å². The van der Waals surface area contributed by atoms with Crippen molar-refractivity contribution in [3.8, 4) is 11.1 Å². The fraction of sp³-hybridized carbons (Fsp3) is 0.222. The standard InChI is InChI=1S/C18H18O3/c1-3-13-11-15(17(12(2)19)18(20)21)9-10-16(13)14-7-5-4-6-8-14/h4-11,17H,3H2,1-2H3,(H,20,21). The van der Waals surface area contributed by atoms with Crippen molar-refractivity contribution in [1.29, 1.82) is 0 Å². The number of carbonyl (C=O) groups excluding carboxylic acids is 1. The molecular weight excluding hydrogens is 264 g/mol. The summed E-state index contributed by atoms with van der Waals surface area (Å²) in [6.07, 6.45) is 0.780. The highest BCUT2D eigenvalue weighted by Gasteiger charge is 2.25. The number of aliphatic carboxylic acids is 1. The van der Waals surface area contributed by atoms with Crippen LogP contribution < -0.4 is 0 Å². The third-order valence-corrected chi connectivity index (χ3v) is 3.58. The van der Waals surface area contributed by atoms with Gasteiger partial charge in [-0.25, -0.2) is 0 Å². The number of carboxylic acids is 1. The predicted octanol–water partition coefficient (Wildman–Crippen LogP) is 3.67. The summed E-state index contributed by atoms with van der Waals surface area (Å²) in [4.78, 5) is 22.8. The van der Waals surface area contributed by atoms with Crippen LogP contribution in [0.5, 0.6) is 0 Å². The Morgan fingerprint density at radius 3 is 2.29 bits per heavy atom. The van der Waals surface area contributed by atoms with E-state index in [4.69, 9.17) is 0 Å². The number of hydrogen-bond acceptors (Lipinski definition) is 2. The number of ketones is 1. The molecule has 0 saturated carbocycles. The first-order chi connectivity index (χ1) is 10.0. The van der Waals surface area contributed by atoms with Crippen LogP contribution in [-0.4, -0.2) is 16.9 Å². The maximum absolute atomic E-state index is 11.6. The van der Waals surface area contributed by atoms with Crippen molar-refractivity contribution >= 4 is 11.8 Å². The normalized spacial score (nSPS) is 11.9. The Labute approximate surface area is 124 Å². The highest BCUT2D eigenvalue weighted by atomic mass is 16.4. The number of carbonyl (C=O) groups is 2. The fourth-order valence-corrected chi connectivity index (χ4v) is 2.54. The van der Waals surface area contributed by atoms with E-state index in [0.717, 1.165) is 23.1 Å². The van der Waals surface area contributed by atoms with E-state index in [1.54, 1.807) is 6.07 Å². The Balaban J connectivity index is 2.50. The van der Waals surface area contributed by atoms with Crippen LogP contribution in [-0.2, 0) is 16.0 Å². The summed E-state index contributed by atoms with van der Waals surface area (Å²) >= 11 is 0. The van der Waals surface area contributed by atoms with Gasteiger partial charge < -0.3 is 5.11 Å². The summed E-state index contributed by atoms with van der Waals surface area (Å²) in [5.74, 6) is -2.53. The number of rotatable bonds is 5. The highest BCUT2D eigenvalue weighted by Crippen LogP contribution is 2.28. The van der Waals surface area contributed by atoms with Crippen LogP contribution in [0.3, 0.4) is 0 Å². The van der Waals surface area contributed by atoms with Gasteiger partial charge in [0, 0.05) is 0 Å². The van der Waals surface area contributed by atoms with Gasteiger partial charge >= 0.3 is 5.97 Å². The second-order valence-electron chi connectivity index (χ2n) is 5.02. The molecule has 0 saturated heterocycles. The van der Waals surface area contributed by atoms with Gasteiger partial charge in [0.05, 0.1) is 0 Å². The average molecular weight is 282 g/mol. The van der Waals surface area contributed by atoms with Crippen molar-refractivity contribution in [2.45, 2.75) is 26.2 Å². The van der Waals surface area contributed by atoms with Gasteiger partial charge in [0.15, 0.2) is 0 Å². The molecule has 0 radical (unpaired) electrons. The lowest BCUT2D eigenvalue weighted by Gasteiger charge is -2.14. The molecule has 2 aromatic carbocycles. The molecule has 1 atom stereocenters. The molecule has 3 heteroatoms. The number of aryl methyl sites for hydroxylation is 1. The summed E-state index contributed by atoms with van der Waals surface area (Å²) in [5.41, 5.74) is 3.77. The molecule has 0 aromatic heterocycles. The lowest BCUT2D eigenvalue weighted by atomic mass is 9.89. The zero-order valence-corrected chi connectivity index (χ0v) is 12.2. The number of carboxylic acid groups (broad SMARTS) is 1. The van der Waals surface area contributed by atoms with Crippen molar-refractivity contribution in [2.24, 2.45) is 0 Å². The van der Waals surface area contributed by atoms with Crippen LogP contribution in [0.2, 0.25) is 0 Å². The molecule has 21 heavy (non-hydrogen) atoms. The second kappa shape index (κ2) is 6.35. The molecule has 1 N–H and O–H groups in total. The molecule has 0 fully saturated rings. The summed E-state index contributed by atoms with van der Waals surface area (Å²) < 4.78 is 0. The first kappa shape index (κ1) is 15.0. The molecule has 0 aliphatic carbocycles. The molecule has 108 valence electrons. The van der Waals surface area contributed by atoms with E-state index in [2.05, 4.69) is 0 Å². The smallest absolute Gasteiger partial charge is 0.318 e. The second-order valence-corrected chi connectivity index (χ2v) is 5.02. The lowest BCUT2D eigenvalue weighted by molar-refractivity contribution is -0.142. The topological polar surface area (TPSA) is 54.4 Å². The van der Waals surface area contributed by atoms with Gasteiger partial charge in [-0.15, -0.1) is 0 Å². The van der Waals surface area contributed by atoms with E-state index in [0.29, 0.717) is 5.56 Å². The Bertz CT molecular complexity index is 645. The van der Waals surface area contributed by atoms with Gasteiger partial charge in [0.2, 0.25) is 0 Å². The average Bonchev–Trinajstić information content (AvgIpc) is 2.47. The van der Waals surface area contributed by atoms with E-state index in [9.17, 15) is 14.7 Å². The third-order valence-electron chi connectivity index (χ3n) is 3.58. The molecular formula is C18H18O3. The molecule has 0 amide bonds. The minimum atomic E-state index is -1.10. The maximum Gasteiger partial charge on any atom is 0.318 e. The van der Waals surface area contributed by atoms with E-state index < -0.39 is 11.9 Å². The van der Waals surface area contributed by atoms with Crippen molar-refractivity contribution in [1.82, 2.24) is 0 Å².